The molecule has 0 saturated carbocycles. The highest BCUT2D eigenvalue weighted by molar-refractivity contribution is 5.82. The molecule has 2 aromatic heterocycles. The van der Waals surface area contributed by atoms with Gasteiger partial charge in [-0.2, -0.15) is 5.10 Å². The summed E-state index contributed by atoms with van der Waals surface area (Å²) in [4.78, 5) is 11.8. The standard InChI is InChI=1S/C17H19N5O/c1-11-12(2)19-16(20-17(11)22-5-7-23-8-6-22)13-3-4-14-10-18-21-15(14)9-13/h3-4,9-10H,5-8H2,1-2H3,(H,18,21). The van der Waals surface area contributed by atoms with Crippen molar-refractivity contribution >= 4 is 16.7 Å². The number of aromatic amines is 1. The van der Waals surface area contributed by atoms with Crippen LogP contribution in [0.1, 0.15) is 11.3 Å². The summed E-state index contributed by atoms with van der Waals surface area (Å²) >= 11 is 0. The van der Waals surface area contributed by atoms with Gasteiger partial charge in [-0.3, -0.25) is 5.10 Å². The minimum atomic E-state index is 0.748. The van der Waals surface area contributed by atoms with Crippen LogP contribution in [0.2, 0.25) is 0 Å². The molecule has 0 radical (unpaired) electrons. The predicted molar refractivity (Wildman–Crippen MR) is 89.6 cm³/mol. The van der Waals surface area contributed by atoms with Crippen LogP contribution in [0.25, 0.3) is 22.3 Å². The second-order valence-corrected chi connectivity index (χ2v) is 5.85. The molecule has 1 N–H and O–H groups in total. The number of nitrogens with zero attached hydrogens (tertiary/aromatic N) is 4. The molecule has 3 heterocycles. The monoisotopic (exact) mass is 309 g/mol. The van der Waals surface area contributed by atoms with Crippen molar-refractivity contribution in [1.29, 1.82) is 0 Å². The number of fused-ring (bicyclic) bond motifs is 1. The van der Waals surface area contributed by atoms with Crippen LogP contribution in [0.4, 0.5) is 5.82 Å². The van der Waals surface area contributed by atoms with Crippen LogP contribution >= 0.6 is 0 Å². The van der Waals surface area contributed by atoms with Gasteiger partial charge in [-0.25, -0.2) is 9.97 Å². The van der Waals surface area contributed by atoms with Crippen molar-refractivity contribution in [1.82, 2.24) is 20.2 Å². The fourth-order valence-corrected chi connectivity index (χ4v) is 2.90. The number of hydrogen-bond donors (Lipinski definition) is 1. The number of aromatic nitrogens is 4. The number of rotatable bonds is 2. The second kappa shape index (κ2) is 5.62. The first-order chi connectivity index (χ1) is 11.2. The summed E-state index contributed by atoms with van der Waals surface area (Å²) in [6, 6.07) is 6.14. The van der Waals surface area contributed by atoms with Gasteiger partial charge in [-0.1, -0.05) is 12.1 Å². The lowest BCUT2D eigenvalue weighted by Gasteiger charge is -2.29. The highest BCUT2D eigenvalue weighted by atomic mass is 16.5. The van der Waals surface area contributed by atoms with E-state index < -0.39 is 0 Å². The van der Waals surface area contributed by atoms with Gasteiger partial charge in [0.1, 0.15) is 5.82 Å². The maximum absolute atomic E-state index is 5.45. The van der Waals surface area contributed by atoms with Crippen molar-refractivity contribution in [3.63, 3.8) is 0 Å². The van der Waals surface area contributed by atoms with Crippen LogP contribution in [0.5, 0.6) is 0 Å². The van der Waals surface area contributed by atoms with Crippen LogP contribution in [-0.4, -0.2) is 46.5 Å². The average Bonchev–Trinajstić information content (AvgIpc) is 3.05. The molecule has 0 unspecified atom stereocenters. The van der Waals surface area contributed by atoms with Crippen molar-refractivity contribution in [3.05, 3.63) is 35.7 Å². The third kappa shape index (κ3) is 2.55. The Morgan fingerprint density at radius 3 is 2.78 bits per heavy atom. The quantitative estimate of drug-likeness (QED) is 0.787. The molecule has 3 aromatic rings. The molecule has 0 spiro atoms. The average molecular weight is 309 g/mol. The maximum Gasteiger partial charge on any atom is 0.161 e. The number of ether oxygens (including phenoxy) is 1. The predicted octanol–water partition coefficient (Wildman–Crippen LogP) is 2.47. The number of H-pyrrole nitrogens is 1. The molecule has 1 aromatic carbocycles. The van der Waals surface area contributed by atoms with Crippen molar-refractivity contribution in [2.24, 2.45) is 0 Å². The van der Waals surface area contributed by atoms with Crippen LogP contribution < -0.4 is 4.90 Å². The van der Waals surface area contributed by atoms with Gasteiger partial charge < -0.3 is 9.64 Å². The van der Waals surface area contributed by atoms with Gasteiger partial charge in [0, 0.05) is 35.3 Å². The molecule has 118 valence electrons. The van der Waals surface area contributed by atoms with Gasteiger partial charge in [-0.05, 0) is 19.9 Å². The highest BCUT2D eigenvalue weighted by Gasteiger charge is 2.18. The summed E-state index contributed by atoms with van der Waals surface area (Å²) in [7, 11) is 0. The van der Waals surface area contributed by atoms with E-state index in [0.29, 0.717) is 0 Å². The zero-order valence-electron chi connectivity index (χ0n) is 13.3. The Hall–Kier alpha value is -2.47. The van der Waals surface area contributed by atoms with Gasteiger partial charge in [0.15, 0.2) is 5.82 Å². The number of hydrogen-bond acceptors (Lipinski definition) is 5. The third-order valence-electron chi connectivity index (χ3n) is 4.37. The number of nitrogens with one attached hydrogen (secondary N) is 1. The van der Waals surface area contributed by atoms with E-state index >= 15 is 0 Å². The fourth-order valence-electron chi connectivity index (χ4n) is 2.90. The summed E-state index contributed by atoms with van der Waals surface area (Å²) < 4.78 is 5.45. The molecule has 4 rings (SSSR count). The number of benzene rings is 1. The zero-order valence-corrected chi connectivity index (χ0v) is 13.3. The lowest BCUT2D eigenvalue weighted by Crippen LogP contribution is -2.37. The third-order valence-corrected chi connectivity index (χ3v) is 4.37. The Kier molecular flexibility index (Phi) is 3.46. The van der Waals surface area contributed by atoms with Crippen molar-refractivity contribution < 1.29 is 4.74 Å². The van der Waals surface area contributed by atoms with Gasteiger partial charge in [-0.15, -0.1) is 0 Å². The zero-order chi connectivity index (χ0) is 15.8. The Labute approximate surface area is 134 Å². The molecule has 6 nitrogen and oxygen atoms in total. The van der Waals surface area contributed by atoms with Crippen LogP contribution in [0.15, 0.2) is 24.4 Å². The molecule has 0 atom stereocenters. The Bertz CT molecular complexity index is 851. The van der Waals surface area contributed by atoms with Gasteiger partial charge in [0.05, 0.1) is 24.9 Å². The highest BCUT2D eigenvalue weighted by Crippen LogP contribution is 2.26. The molecule has 1 aliphatic heterocycles. The van der Waals surface area contributed by atoms with Gasteiger partial charge in [0.25, 0.3) is 0 Å². The van der Waals surface area contributed by atoms with Gasteiger partial charge in [0.2, 0.25) is 0 Å². The van der Waals surface area contributed by atoms with E-state index in [0.717, 1.165) is 65.7 Å². The van der Waals surface area contributed by atoms with E-state index in [9.17, 15) is 0 Å². The second-order valence-electron chi connectivity index (χ2n) is 5.85. The van der Waals surface area contributed by atoms with Gasteiger partial charge >= 0.3 is 0 Å². The minimum Gasteiger partial charge on any atom is -0.378 e. The summed E-state index contributed by atoms with van der Waals surface area (Å²) in [6.45, 7) is 7.36. The lowest BCUT2D eigenvalue weighted by atomic mass is 10.1. The molecular weight excluding hydrogens is 290 g/mol. The lowest BCUT2D eigenvalue weighted by molar-refractivity contribution is 0.122. The van der Waals surface area contributed by atoms with Crippen LogP contribution in [-0.2, 0) is 4.74 Å². The molecule has 0 amide bonds. The van der Waals surface area contributed by atoms with Crippen molar-refractivity contribution in [2.45, 2.75) is 13.8 Å². The van der Waals surface area contributed by atoms with E-state index in [-0.39, 0.29) is 0 Å². The SMILES string of the molecule is Cc1nc(-c2ccc3cn[nH]c3c2)nc(N2CCOCC2)c1C. The summed E-state index contributed by atoms with van der Waals surface area (Å²) in [5.41, 5.74) is 4.15. The molecule has 0 aliphatic carbocycles. The van der Waals surface area contributed by atoms with E-state index in [4.69, 9.17) is 9.72 Å². The number of aryl methyl sites for hydroxylation is 1. The first kappa shape index (κ1) is 14.1. The molecular formula is C17H19N5O. The summed E-state index contributed by atoms with van der Waals surface area (Å²) in [5.74, 6) is 1.77. The largest absolute Gasteiger partial charge is 0.378 e. The van der Waals surface area contributed by atoms with Crippen LogP contribution in [0.3, 0.4) is 0 Å². The van der Waals surface area contributed by atoms with Crippen molar-refractivity contribution in [3.8, 4) is 11.4 Å². The van der Waals surface area contributed by atoms with E-state index in [1.807, 2.05) is 25.3 Å². The van der Waals surface area contributed by atoms with E-state index in [1.165, 1.54) is 0 Å². The Morgan fingerprint density at radius 2 is 1.96 bits per heavy atom. The normalized spacial score (nSPS) is 15.3. The number of morpholine rings is 1. The van der Waals surface area contributed by atoms with Crippen molar-refractivity contribution in [2.75, 3.05) is 31.2 Å². The van der Waals surface area contributed by atoms with E-state index in [2.05, 4.69) is 33.1 Å². The smallest absolute Gasteiger partial charge is 0.161 e. The molecule has 6 heteroatoms. The molecule has 1 aliphatic rings. The van der Waals surface area contributed by atoms with E-state index in [1.54, 1.807) is 0 Å². The maximum atomic E-state index is 5.45. The summed E-state index contributed by atoms with van der Waals surface area (Å²) in [5, 5.41) is 8.16. The molecule has 1 saturated heterocycles. The summed E-state index contributed by atoms with van der Waals surface area (Å²) in [6.07, 6.45) is 1.82. The Balaban J connectivity index is 1.80. The topological polar surface area (TPSA) is 66.9 Å². The molecule has 1 fully saturated rings. The van der Waals surface area contributed by atoms with Crippen LogP contribution in [0, 0.1) is 13.8 Å². The number of anilines is 1. The molecule has 23 heavy (non-hydrogen) atoms. The minimum absolute atomic E-state index is 0.748. The first-order valence-electron chi connectivity index (χ1n) is 7.84. The molecule has 0 bridgehead atoms. The first-order valence-corrected chi connectivity index (χ1v) is 7.84. The Morgan fingerprint density at radius 1 is 1.13 bits per heavy atom. The fraction of sp³-hybridized carbons (Fsp3) is 0.353.